The third kappa shape index (κ3) is 4.29. The van der Waals surface area contributed by atoms with Crippen LogP contribution in [0.3, 0.4) is 0 Å². The molecule has 0 unspecified atom stereocenters. The van der Waals surface area contributed by atoms with E-state index in [1.165, 1.54) is 18.3 Å². The summed E-state index contributed by atoms with van der Waals surface area (Å²) in [5.74, 6) is -0.0496. The van der Waals surface area contributed by atoms with E-state index in [9.17, 15) is 25.1 Å². The van der Waals surface area contributed by atoms with Crippen LogP contribution in [-0.4, -0.2) is 44.9 Å². The number of hydrogen-bond donors (Lipinski definition) is 2. The van der Waals surface area contributed by atoms with Crippen LogP contribution in [0.1, 0.15) is 36.0 Å². The zero-order chi connectivity index (χ0) is 21.0. The van der Waals surface area contributed by atoms with E-state index in [0.29, 0.717) is 37.2 Å². The van der Waals surface area contributed by atoms with Crippen molar-refractivity contribution in [3.63, 3.8) is 0 Å². The number of hydrogen-bond acceptors (Lipinski definition) is 6. The van der Waals surface area contributed by atoms with Crippen LogP contribution in [0.4, 0.5) is 5.69 Å². The van der Waals surface area contributed by atoms with Gasteiger partial charge in [0.05, 0.1) is 11.3 Å². The van der Waals surface area contributed by atoms with Crippen molar-refractivity contribution < 1.29 is 15.0 Å². The van der Waals surface area contributed by atoms with Crippen LogP contribution in [0.25, 0.3) is 0 Å². The summed E-state index contributed by atoms with van der Waals surface area (Å²) in [5, 5.41) is 29.4. The first-order valence-electron chi connectivity index (χ1n) is 9.39. The van der Waals surface area contributed by atoms with Crippen molar-refractivity contribution in [2.45, 2.75) is 32.7 Å². The molecule has 2 heterocycles. The maximum atomic E-state index is 12.6. The minimum atomic E-state index is -0.558. The summed E-state index contributed by atoms with van der Waals surface area (Å²) in [6, 6.07) is 8.09. The quantitative estimate of drug-likeness (QED) is 0.728. The van der Waals surface area contributed by atoms with E-state index in [1.54, 1.807) is 24.0 Å². The number of carbonyl (C=O) groups is 1. The maximum absolute atomic E-state index is 12.6. The molecule has 1 saturated heterocycles. The SMILES string of the molecule is Cc1c(C=Nc2ccc(O)cc2)c(O)n(CCCN2CCCC2=O)c(=O)c1C#N. The van der Waals surface area contributed by atoms with Crippen molar-refractivity contribution in [1.29, 1.82) is 5.26 Å². The largest absolute Gasteiger partial charge is 0.508 e. The Morgan fingerprint density at radius 1 is 1.21 bits per heavy atom. The fourth-order valence-corrected chi connectivity index (χ4v) is 3.37. The fraction of sp³-hybridized carbons (Fsp3) is 0.333. The molecule has 8 nitrogen and oxygen atoms in total. The Morgan fingerprint density at radius 3 is 2.55 bits per heavy atom. The number of nitrogens with zero attached hydrogens (tertiary/aromatic N) is 4. The Hall–Kier alpha value is -3.60. The van der Waals surface area contributed by atoms with Crippen LogP contribution in [-0.2, 0) is 11.3 Å². The summed E-state index contributed by atoms with van der Waals surface area (Å²) in [6.07, 6.45) is 3.27. The van der Waals surface area contributed by atoms with Gasteiger partial charge in [0.2, 0.25) is 11.8 Å². The van der Waals surface area contributed by atoms with Crippen molar-refractivity contribution in [1.82, 2.24) is 9.47 Å². The molecule has 0 aliphatic carbocycles. The third-order valence-electron chi connectivity index (χ3n) is 5.02. The molecule has 1 aliphatic rings. The number of aromatic nitrogens is 1. The first-order chi connectivity index (χ1) is 13.9. The highest BCUT2D eigenvalue weighted by Gasteiger charge is 2.21. The van der Waals surface area contributed by atoms with Gasteiger partial charge in [-0.2, -0.15) is 5.26 Å². The van der Waals surface area contributed by atoms with E-state index in [1.807, 2.05) is 6.07 Å². The lowest BCUT2D eigenvalue weighted by molar-refractivity contribution is -0.127. The number of aromatic hydroxyl groups is 2. The molecule has 1 aliphatic heterocycles. The standard InChI is InChI=1S/C21H22N4O4/c1-14-17(12-22)20(28)25(11-3-10-24-9-2-4-19(24)27)21(29)18(14)13-23-15-5-7-16(26)8-6-15/h5-8,13,26,29H,2-4,9-11H2,1H3. The van der Waals surface area contributed by atoms with Crippen LogP contribution in [0.2, 0.25) is 0 Å². The highest BCUT2D eigenvalue weighted by Crippen LogP contribution is 2.22. The number of rotatable bonds is 6. The van der Waals surface area contributed by atoms with E-state index in [0.717, 1.165) is 11.0 Å². The number of phenols is 1. The van der Waals surface area contributed by atoms with Crippen LogP contribution < -0.4 is 5.56 Å². The van der Waals surface area contributed by atoms with Crippen molar-refractivity contribution in [2.24, 2.45) is 4.99 Å². The van der Waals surface area contributed by atoms with Crippen LogP contribution in [0.5, 0.6) is 11.6 Å². The van der Waals surface area contributed by atoms with Gasteiger partial charge in [0.1, 0.15) is 17.4 Å². The van der Waals surface area contributed by atoms with E-state index in [2.05, 4.69) is 4.99 Å². The number of carbonyl (C=O) groups excluding carboxylic acids is 1. The molecule has 1 aromatic carbocycles. The molecule has 1 aromatic heterocycles. The van der Waals surface area contributed by atoms with Crippen LogP contribution >= 0.6 is 0 Å². The van der Waals surface area contributed by atoms with Gasteiger partial charge < -0.3 is 15.1 Å². The Bertz CT molecular complexity index is 1050. The molecule has 0 atom stereocenters. The molecule has 2 N–H and O–H groups in total. The Labute approximate surface area is 168 Å². The number of aliphatic imine (C=N–C) groups is 1. The normalized spacial score (nSPS) is 13.9. The predicted molar refractivity (Wildman–Crippen MR) is 108 cm³/mol. The summed E-state index contributed by atoms with van der Waals surface area (Å²) >= 11 is 0. The molecule has 0 bridgehead atoms. The molecule has 1 fully saturated rings. The molecule has 0 spiro atoms. The van der Waals surface area contributed by atoms with Crippen molar-refractivity contribution in [2.75, 3.05) is 13.1 Å². The highest BCUT2D eigenvalue weighted by molar-refractivity contribution is 5.87. The predicted octanol–water partition coefficient (Wildman–Crippen LogP) is 2.20. The molecular formula is C21H22N4O4. The average molecular weight is 394 g/mol. The van der Waals surface area contributed by atoms with Gasteiger partial charge in [-0.05, 0) is 49.6 Å². The van der Waals surface area contributed by atoms with E-state index >= 15 is 0 Å². The molecule has 3 rings (SSSR count). The summed E-state index contributed by atoms with van der Waals surface area (Å²) in [7, 11) is 0. The van der Waals surface area contributed by atoms with Crippen LogP contribution in [0.15, 0.2) is 34.1 Å². The van der Waals surface area contributed by atoms with Crippen molar-refractivity contribution in [3.05, 3.63) is 51.3 Å². The number of amides is 1. The fourth-order valence-electron chi connectivity index (χ4n) is 3.37. The first-order valence-corrected chi connectivity index (χ1v) is 9.39. The number of nitriles is 1. The molecule has 8 heteroatoms. The summed E-state index contributed by atoms with van der Waals surface area (Å²) in [4.78, 5) is 30.4. The van der Waals surface area contributed by atoms with E-state index in [4.69, 9.17) is 0 Å². The average Bonchev–Trinajstić information content (AvgIpc) is 3.11. The first kappa shape index (κ1) is 20.1. The molecule has 0 radical (unpaired) electrons. The van der Waals surface area contributed by atoms with Gasteiger partial charge in [-0.3, -0.25) is 19.1 Å². The maximum Gasteiger partial charge on any atom is 0.271 e. The summed E-state index contributed by atoms with van der Waals surface area (Å²) < 4.78 is 1.16. The third-order valence-corrected chi connectivity index (χ3v) is 5.02. The monoisotopic (exact) mass is 394 g/mol. The van der Waals surface area contributed by atoms with E-state index < -0.39 is 5.56 Å². The molecule has 1 amide bonds. The second-order valence-corrected chi connectivity index (χ2v) is 6.92. The number of benzene rings is 1. The summed E-state index contributed by atoms with van der Waals surface area (Å²) in [6.45, 7) is 2.98. The summed E-state index contributed by atoms with van der Waals surface area (Å²) in [5.41, 5.74) is 0.574. The van der Waals surface area contributed by atoms with Crippen molar-refractivity contribution in [3.8, 4) is 17.7 Å². The second kappa shape index (κ2) is 8.61. The van der Waals surface area contributed by atoms with Crippen molar-refractivity contribution >= 4 is 17.8 Å². The van der Waals surface area contributed by atoms with Gasteiger partial charge in [0.25, 0.3) is 5.56 Å². The molecule has 2 aromatic rings. The molecule has 0 saturated carbocycles. The topological polar surface area (TPSA) is 119 Å². The van der Waals surface area contributed by atoms with Gasteiger partial charge in [0, 0.05) is 32.3 Å². The zero-order valence-electron chi connectivity index (χ0n) is 16.1. The number of phenolic OH excluding ortho intramolecular Hbond substituents is 1. The molecule has 150 valence electrons. The van der Waals surface area contributed by atoms with Crippen LogP contribution in [0, 0.1) is 18.3 Å². The Morgan fingerprint density at radius 2 is 1.93 bits per heavy atom. The second-order valence-electron chi connectivity index (χ2n) is 6.92. The highest BCUT2D eigenvalue weighted by atomic mass is 16.3. The lowest BCUT2D eigenvalue weighted by Gasteiger charge is -2.17. The lowest BCUT2D eigenvalue weighted by Crippen LogP contribution is -2.29. The molecular weight excluding hydrogens is 372 g/mol. The number of pyridine rings is 1. The smallest absolute Gasteiger partial charge is 0.271 e. The van der Waals surface area contributed by atoms with Gasteiger partial charge in [-0.25, -0.2) is 0 Å². The minimum absolute atomic E-state index is 0.0489. The Kier molecular flexibility index (Phi) is 5.98. The lowest BCUT2D eigenvalue weighted by atomic mass is 10.1. The van der Waals surface area contributed by atoms with E-state index in [-0.39, 0.29) is 35.2 Å². The van der Waals surface area contributed by atoms with Gasteiger partial charge in [-0.1, -0.05) is 0 Å². The van der Waals surface area contributed by atoms with Gasteiger partial charge in [-0.15, -0.1) is 0 Å². The Balaban J connectivity index is 1.89. The van der Waals surface area contributed by atoms with Gasteiger partial charge >= 0.3 is 0 Å². The zero-order valence-corrected chi connectivity index (χ0v) is 16.1. The molecule has 29 heavy (non-hydrogen) atoms. The van der Waals surface area contributed by atoms with Gasteiger partial charge in [0.15, 0.2) is 0 Å². The number of likely N-dealkylation sites (tertiary alicyclic amines) is 1. The minimum Gasteiger partial charge on any atom is -0.508 e.